The van der Waals surface area contributed by atoms with Gasteiger partial charge in [-0.05, 0) is 55.5 Å². The normalized spacial score (nSPS) is 11.2. The molecule has 0 fully saturated rings. The van der Waals surface area contributed by atoms with E-state index >= 15 is 0 Å². The number of para-hydroxylation sites is 1. The van der Waals surface area contributed by atoms with Gasteiger partial charge >= 0.3 is 0 Å². The maximum atomic E-state index is 13.2. The van der Waals surface area contributed by atoms with E-state index in [2.05, 4.69) is 21.2 Å². The second-order valence-electron chi connectivity index (χ2n) is 7.62. The first-order valence-electron chi connectivity index (χ1n) is 10.1. The van der Waals surface area contributed by atoms with Crippen LogP contribution < -0.4 is 5.32 Å². The second-order valence-corrected chi connectivity index (χ2v) is 8.54. The molecule has 0 saturated heterocycles. The lowest BCUT2D eigenvalue weighted by molar-refractivity contribution is -0.115. The Kier molecular flexibility index (Phi) is 5.15. The summed E-state index contributed by atoms with van der Waals surface area (Å²) in [5.41, 5.74) is 3.99. The van der Waals surface area contributed by atoms with Crippen LogP contribution in [0, 0.1) is 6.92 Å². The van der Waals surface area contributed by atoms with E-state index in [1.54, 1.807) is 36.6 Å². The summed E-state index contributed by atoms with van der Waals surface area (Å²) in [5.74, 6) is -0.450. The first-order valence-corrected chi connectivity index (χ1v) is 10.9. The number of benzene rings is 3. The number of furan rings is 2. The summed E-state index contributed by atoms with van der Waals surface area (Å²) in [6, 6.07) is 20.1. The number of nitrogens with one attached hydrogen (secondary N) is 1. The summed E-state index contributed by atoms with van der Waals surface area (Å²) in [7, 11) is 0. The quantitative estimate of drug-likeness (QED) is 0.281. The van der Waals surface area contributed by atoms with Gasteiger partial charge in [0, 0.05) is 26.4 Å². The van der Waals surface area contributed by atoms with E-state index in [0.717, 1.165) is 26.6 Å². The third-order valence-corrected chi connectivity index (χ3v) is 5.86. The highest BCUT2D eigenvalue weighted by Crippen LogP contribution is 2.33. The molecule has 158 valence electrons. The Morgan fingerprint density at radius 3 is 2.53 bits per heavy atom. The lowest BCUT2D eigenvalue weighted by Crippen LogP contribution is -2.16. The highest BCUT2D eigenvalue weighted by atomic mass is 79.9. The predicted octanol–water partition coefficient (Wildman–Crippen LogP) is 6.66. The molecule has 0 saturated carbocycles. The highest BCUT2D eigenvalue weighted by molar-refractivity contribution is 9.10. The molecule has 0 atom stereocenters. The van der Waals surface area contributed by atoms with Gasteiger partial charge in [0.05, 0.1) is 18.4 Å². The molecule has 0 aliphatic rings. The molecule has 0 aliphatic heterocycles. The van der Waals surface area contributed by atoms with Crippen LogP contribution >= 0.6 is 15.9 Å². The molecule has 3 aromatic carbocycles. The first-order chi connectivity index (χ1) is 15.5. The summed E-state index contributed by atoms with van der Waals surface area (Å²) in [6.07, 6.45) is 1.72. The van der Waals surface area contributed by atoms with Gasteiger partial charge in [0.15, 0.2) is 5.76 Å². The number of rotatable bonds is 5. The van der Waals surface area contributed by atoms with Gasteiger partial charge in [-0.25, -0.2) is 0 Å². The van der Waals surface area contributed by atoms with E-state index in [-0.39, 0.29) is 23.9 Å². The third-order valence-electron chi connectivity index (χ3n) is 5.33. The zero-order valence-corrected chi connectivity index (χ0v) is 18.7. The van der Waals surface area contributed by atoms with Gasteiger partial charge in [0.1, 0.15) is 11.2 Å². The minimum absolute atomic E-state index is 0.106. The molecule has 1 amide bonds. The average molecular weight is 488 g/mol. The zero-order valence-electron chi connectivity index (χ0n) is 17.1. The van der Waals surface area contributed by atoms with Crippen molar-refractivity contribution in [3.8, 4) is 0 Å². The Morgan fingerprint density at radius 2 is 1.72 bits per heavy atom. The SMILES string of the molecule is Cc1ccc2occ(CC(=O)Nc3c(C(=O)c4ccc(Br)cc4)oc4ccccc34)c2c1. The number of amides is 1. The van der Waals surface area contributed by atoms with E-state index in [1.165, 1.54) is 0 Å². The fourth-order valence-electron chi connectivity index (χ4n) is 3.75. The van der Waals surface area contributed by atoms with Gasteiger partial charge in [0.25, 0.3) is 0 Å². The largest absolute Gasteiger partial charge is 0.464 e. The van der Waals surface area contributed by atoms with Gasteiger partial charge in [-0.15, -0.1) is 0 Å². The maximum absolute atomic E-state index is 13.2. The Hall–Kier alpha value is -3.64. The summed E-state index contributed by atoms with van der Waals surface area (Å²) < 4.78 is 12.3. The summed E-state index contributed by atoms with van der Waals surface area (Å²) in [4.78, 5) is 26.2. The van der Waals surface area contributed by atoms with Gasteiger partial charge in [-0.1, -0.05) is 39.7 Å². The molecule has 32 heavy (non-hydrogen) atoms. The Balaban J connectivity index is 1.49. The first kappa shape index (κ1) is 20.3. The number of halogens is 1. The summed E-state index contributed by atoms with van der Waals surface area (Å²) in [6.45, 7) is 1.99. The van der Waals surface area contributed by atoms with Crippen molar-refractivity contribution in [2.24, 2.45) is 0 Å². The molecular formula is C26H18BrNO4. The van der Waals surface area contributed by atoms with E-state index in [4.69, 9.17) is 8.83 Å². The monoisotopic (exact) mass is 487 g/mol. The van der Waals surface area contributed by atoms with Crippen LogP contribution in [0.2, 0.25) is 0 Å². The standard InChI is InChI=1S/C26H18BrNO4/c1-15-6-11-21-20(12-15)17(14-31-21)13-23(29)28-24-19-4-2-3-5-22(19)32-26(24)25(30)16-7-9-18(27)10-8-16/h2-12,14H,13H2,1H3,(H,28,29). The van der Waals surface area contributed by atoms with Crippen molar-refractivity contribution in [3.05, 3.63) is 99.9 Å². The minimum atomic E-state index is -0.298. The summed E-state index contributed by atoms with van der Waals surface area (Å²) >= 11 is 3.38. The molecule has 0 bridgehead atoms. The number of aryl methyl sites for hydroxylation is 1. The van der Waals surface area contributed by atoms with Gasteiger partial charge in [-0.3, -0.25) is 9.59 Å². The predicted molar refractivity (Wildman–Crippen MR) is 127 cm³/mol. The number of anilines is 1. The van der Waals surface area contributed by atoms with E-state index in [1.807, 2.05) is 43.3 Å². The van der Waals surface area contributed by atoms with Gasteiger partial charge in [-0.2, -0.15) is 0 Å². The van der Waals surface area contributed by atoms with Crippen molar-refractivity contribution < 1.29 is 18.4 Å². The van der Waals surface area contributed by atoms with Crippen LogP contribution in [0.15, 0.2) is 86.3 Å². The highest BCUT2D eigenvalue weighted by Gasteiger charge is 2.24. The van der Waals surface area contributed by atoms with Crippen molar-refractivity contribution in [1.82, 2.24) is 0 Å². The Morgan fingerprint density at radius 1 is 0.938 bits per heavy atom. The van der Waals surface area contributed by atoms with Crippen LogP contribution in [0.1, 0.15) is 27.2 Å². The molecule has 5 rings (SSSR count). The fraction of sp³-hybridized carbons (Fsp3) is 0.0769. The molecule has 0 radical (unpaired) electrons. The number of carbonyl (C=O) groups excluding carboxylic acids is 2. The summed E-state index contributed by atoms with van der Waals surface area (Å²) in [5, 5.41) is 4.49. The van der Waals surface area contributed by atoms with Crippen LogP contribution in [0.3, 0.4) is 0 Å². The van der Waals surface area contributed by atoms with Crippen molar-refractivity contribution in [1.29, 1.82) is 0 Å². The Labute approximate surface area is 192 Å². The maximum Gasteiger partial charge on any atom is 0.230 e. The topological polar surface area (TPSA) is 72.5 Å². The van der Waals surface area contributed by atoms with E-state index < -0.39 is 0 Å². The third kappa shape index (κ3) is 3.74. The zero-order chi connectivity index (χ0) is 22.2. The number of fused-ring (bicyclic) bond motifs is 2. The van der Waals surface area contributed by atoms with Crippen LogP contribution in [0.4, 0.5) is 5.69 Å². The average Bonchev–Trinajstić information content (AvgIpc) is 3.35. The molecule has 0 aliphatic carbocycles. The van der Waals surface area contributed by atoms with E-state index in [9.17, 15) is 9.59 Å². The molecule has 5 nitrogen and oxygen atoms in total. The number of hydrogen-bond donors (Lipinski definition) is 1. The number of carbonyl (C=O) groups is 2. The second kappa shape index (κ2) is 8.13. The lowest BCUT2D eigenvalue weighted by atomic mass is 10.1. The van der Waals surface area contributed by atoms with Crippen LogP contribution in [0.5, 0.6) is 0 Å². The van der Waals surface area contributed by atoms with Crippen LogP contribution in [0.25, 0.3) is 21.9 Å². The smallest absolute Gasteiger partial charge is 0.230 e. The van der Waals surface area contributed by atoms with Crippen molar-refractivity contribution in [2.45, 2.75) is 13.3 Å². The number of hydrogen-bond acceptors (Lipinski definition) is 4. The van der Waals surface area contributed by atoms with Gasteiger partial charge < -0.3 is 14.2 Å². The number of ketones is 1. The molecule has 6 heteroatoms. The van der Waals surface area contributed by atoms with Crippen molar-refractivity contribution in [3.63, 3.8) is 0 Å². The molecular weight excluding hydrogens is 470 g/mol. The minimum Gasteiger partial charge on any atom is -0.464 e. The molecule has 0 unspecified atom stereocenters. The molecule has 5 aromatic rings. The fourth-order valence-corrected chi connectivity index (χ4v) is 4.02. The molecule has 1 N–H and O–H groups in total. The van der Waals surface area contributed by atoms with Crippen LogP contribution in [-0.2, 0) is 11.2 Å². The molecule has 0 spiro atoms. The Bertz CT molecular complexity index is 1480. The lowest BCUT2D eigenvalue weighted by Gasteiger charge is -2.06. The molecule has 2 heterocycles. The van der Waals surface area contributed by atoms with Crippen molar-refractivity contribution >= 4 is 55.2 Å². The van der Waals surface area contributed by atoms with Gasteiger partial charge in [0.2, 0.25) is 11.7 Å². The van der Waals surface area contributed by atoms with Crippen molar-refractivity contribution in [2.75, 3.05) is 5.32 Å². The van der Waals surface area contributed by atoms with E-state index in [0.29, 0.717) is 22.2 Å². The molecule has 2 aromatic heterocycles. The van der Waals surface area contributed by atoms with Crippen LogP contribution in [-0.4, -0.2) is 11.7 Å².